The third kappa shape index (κ3) is 4.55. The molecule has 0 saturated carbocycles. The lowest BCUT2D eigenvalue weighted by Gasteiger charge is -2.29. The van der Waals surface area contributed by atoms with Crippen molar-refractivity contribution in [3.05, 3.63) is 24.3 Å². The molecule has 0 spiro atoms. The summed E-state index contributed by atoms with van der Waals surface area (Å²) in [6.45, 7) is 4.66. The molecule has 1 amide bonds. The average molecular weight is 382 g/mol. The summed E-state index contributed by atoms with van der Waals surface area (Å²) < 4.78 is 23.5. The molecule has 1 saturated heterocycles. The van der Waals surface area contributed by atoms with Crippen LogP contribution in [0.1, 0.15) is 20.3 Å². The molecule has 1 N–H and O–H groups in total. The number of para-hydroxylation sites is 2. The number of carbonyl (C=O) groups excluding carboxylic acids is 1. The normalized spacial score (nSPS) is 19.6. The van der Waals surface area contributed by atoms with Crippen LogP contribution in [-0.4, -0.2) is 59.0 Å². The fraction of sp³-hybridized carbons (Fsp3) is 0.529. The number of hydrogen-bond donors (Lipinski definition) is 1. The number of nitrogens with one attached hydrogen (secondary N) is 1. The van der Waals surface area contributed by atoms with E-state index in [-0.39, 0.29) is 29.2 Å². The molecule has 1 aromatic heterocycles. The molecule has 3 rings (SSSR count). The van der Waals surface area contributed by atoms with E-state index in [0.717, 1.165) is 11.0 Å². The van der Waals surface area contributed by atoms with E-state index in [9.17, 15) is 13.2 Å². The minimum atomic E-state index is -3.01. The van der Waals surface area contributed by atoms with Gasteiger partial charge in [-0.1, -0.05) is 37.7 Å². The number of carbonyl (C=O) groups is 1. The number of rotatable bonds is 6. The maximum atomic E-state index is 12.7. The highest BCUT2D eigenvalue weighted by Gasteiger charge is 2.34. The summed E-state index contributed by atoms with van der Waals surface area (Å²) in [4.78, 5) is 22.2. The van der Waals surface area contributed by atoms with Crippen LogP contribution in [0.2, 0.25) is 0 Å². The number of benzene rings is 1. The molecule has 1 atom stereocenters. The van der Waals surface area contributed by atoms with Gasteiger partial charge >= 0.3 is 0 Å². The Kier molecular flexibility index (Phi) is 5.38. The Morgan fingerprint density at radius 1 is 1.40 bits per heavy atom. The van der Waals surface area contributed by atoms with Crippen molar-refractivity contribution in [3.8, 4) is 0 Å². The number of imidazole rings is 1. The lowest BCUT2D eigenvalue weighted by Crippen LogP contribution is -2.44. The zero-order valence-electron chi connectivity index (χ0n) is 14.4. The van der Waals surface area contributed by atoms with Gasteiger partial charge in [0.1, 0.15) is 0 Å². The van der Waals surface area contributed by atoms with E-state index in [0.29, 0.717) is 24.0 Å². The van der Waals surface area contributed by atoms with Crippen molar-refractivity contribution in [3.63, 3.8) is 0 Å². The molecule has 2 heterocycles. The van der Waals surface area contributed by atoms with E-state index < -0.39 is 9.84 Å². The number of hydrogen-bond acceptors (Lipinski definition) is 5. The predicted molar refractivity (Wildman–Crippen MR) is 100 cm³/mol. The Balaban J connectivity index is 1.67. The highest BCUT2D eigenvalue weighted by atomic mass is 32.2. The zero-order valence-corrected chi connectivity index (χ0v) is 16.1. The Labute approximate surface area is 152 Å². The van der Waals surface area contributed by atoms with Crippen LogP contribution in [0.25, 0.3) is 11.0 Å². The van der Waals surface area contributed by atoms with Gasteiger partial charge in [-0.3, -0.25) is 4.79 Å². The van der Waals surface area contributed by atoms with E-state index in [1.165, 1.54) is 11.8 Å². The Hall–Kier alpha value is -1.54. The van der Waals surface area contributed by atoms with Gasteiger partial charge in [-0.2, -0.15) is 0 Å². The molecule has 1 unspecified atom stereocenters. The lowest BCUT2D eigenvalue weighted by atomic mass is 10.1. The first-order chi connectivity index (χ1) is 11.8. The number of aromatic amines is 1. The quantitative estimate of drug-likeness (QED) is 0.777. The summed E-state index contributed by atoms with van der Waals surface area (Å²) >= 11 is 1.36. The molecule has 0 aliphatic carbocycles. The Bertz CT molecular complexity index is 828. The van der Waals surface area contributed by atoms with Gasteiger partial charge in [-0.15, -0.1) is 0 Å². The van der Waals surface area contributed by atoms with Gasteiger partial charge < -0.3 is 9.88 Å². The van der Waals surface area contributed by atoms with Crippen LogP contribution in [0.4, 0.5) is 0 Å². The molecule has 0 radical (unpaired) electrons. The summed E-state index contributed by atoms with van der Waals surface area (Å²) in [6.07, 6.45) is 0.538. The molecule has 25 heavy (non-hydrogen) atoms. The summed E-state index contributed by atoms with van der Waals surface area (Å²) in [5.74, 6) is 0.782. The molecule has 8 heteroatoms. The first-order valence-corrected chi connectivity index (χ1v) is 11.2. The molecule has 1 aromatic carbocycles. The maximum absolute atomic E-state index is 12.7. The number of fused-ring (bicyclic) bond motifs is 1. The number of H-pyrrole nitrogens is 1. The second kappa shape index (κ2) is 7.37. The number of amides is 1. The van der Waals surface area contributed by atoms with E-state index in [1.54, 1.807) is 4.90 Å². The van der Waals surface area contributed by atoms with Crippen LogP contribution >= 0.6 is 11.8 Å². The fourth-order valence-electron chi connectivity index (χ4n) is 3.08. The molecule has 0 bridgehead atoms. The molecule has 6 nitrogen and oxygen atoms in total. The van der Waals surface area contributed by atoms with Gasteiger partial charge in [0.2, 0.25) is 5.91 Å². The van der Waals surface area contributed by atoms with Crippen LogP contribution in [0.3, 0.4) is 0 Å². The van der Waals surface area contributed by atoms with Gasteiger partial charge in [-0.05, 0) is 24.5 Å². The molecule has 1 aliphatic heterocycles. The van der Waals surface area contributed by atoms with Gasteiger partial charge in [0, 0.05) is 12.6 Å². The standard InChI is InChI=1S/C17H23N3O3S2/c1-12(2)9-20(13-7-8-25(22,23)11-13)16(21)10-24-17-18-14-5-3-4-6-15(14)19-17/h3-6,12-13H,7-11H2,1-2H3,(H,18,19). The smallest absolute Gasteiger partial charge is 0.233 e. The van der Waals surface area contributed by atoms with Crippen LogP contribution in [0.15, 0.2) is 29.4 Å². The molecular formula is C17H23N3O3S2. The van der Waals surface area contributed by atoms with Gasteiger partial charge in [0.05, 0.1) is 28.3 Å². The monoisotopic (exact) mass is 381 g/mol. The van der Waals surface area contributed by atoms with E-state index in [4.69, 9.17) is 0 Å². The third-order valence-electron chi connectivity index (χ3n) is 4.23. The molecule has 1 fully saturated rings. The van der Waals surface area contributed by atoms with Crippen LogP contribution in [0, 0.1) is 5.92 Å². The van der Waals surface area contributed by atoms with Crippen molar-refractivity contribution in [1.29, 1.82) is 0 Å². The highest BCUT2D eigenvalue weighted by molar-refractivity contribution is 7.99. The van der Waals surface area contributed by atoms with Crippen molar-refractivity contribution >= 4 is 38.5 Å². The summed E-state index contributed by atoms with van der Waals surface area (Å²) in [7, 11) is -3.01. The number of nitrogens with zero attached hydrogens (tertiary/aromatic N) is 2. The fourth-order valence-corrected chi connectivity index (χ4v) is 5.58. The second-order valence-electron chi connectivity index (χ2n) is 6.84. The summed E-state index contributed by atoms with van der Waals surface area (Å²) in [5.41, 5.74) is 1.82. The SMILES string of the molecule is CC(C)CN(C(=O)CSc1nc2ccccc2[nH]1)C1CCS(=O)(=O)C1. The van der Waals surface area contributed by atoms with Crippen LogP contribution < -0.4 is 0 Å². The van der Waals surface area contributed by atoms with Crippen LogP contribution in [-0.2, 0) is 14.6 Å². The third-order valence-corrected chi connectivity index (χ3v) is 6.84. The van der Waals surface area contributed by atoms with Crippen molar-refractivity contribution in [2.45, 2.75) is 31.5 Å². The minimum Gasteiger partial charge on any atom is -0.338 e. The molecule has 1 aliphatic rings. The van der Waals surface area contributed by atoms with E-state index >= 15 is 0 Å². The van der Waals surface area contributed by atoms with Crippen molar-refractivity contribution < 1.29 is 13.2 Å². The van der Waals surface area contributed by atoms with Gasteiger partial charge in [0.25, 0.3) is 0 Å². The lowest BCUT2D eigenvalue weighted by molar-refractivity contribution is -0.130. The number of sulfone groups is 1. The average Bonchev–Trinajstić information content (AvgIpc) is 3.12. The van der Waals surface area contributed by atoms with E-state index in [1.807, 2.05) is 38.1 Å². The largest absolute Gasteiger partial charge is 0.338 e. The first kappa shape index (κ1) is 18.3. The zero-order chi connectivity index (χ0) is 18.0. The summed E-state index contributed by atoms with van der Waals surface area (Å²) in [5, 5.41) is 0.707. The number of aromatic nitrogens is 2. The van der Waals surface area contributed by atoms with Crippen molar-refractivity contribution in [2.75, 3.05) is 23.8 Å². The minimum absolute atomic E-state index is 0.0266. The Morgan fingerprint density at radius 3 is 2.80 bits per heavy atom. The van der Waals surface area contributed by atoms with E-state index in [2.05, 4.69) is 9.97 Å². The topological polar surface area (TPSA) is 83.1 Å². The van der Waals surface area contributed by atoms with Gasteiger partial charge in [-0.25, -0.2) is 13.4 Å². The predicted octanol–water partition coefficient (Wildman–Crippen LogP) is 2.33. The van der Waals surface area contributed by atoms with Crippen molar-refractivity contribution in [2.24, 2.45) is 5.92 Å². The number of thioether (sulfide) groups is 1. The van der Waals surface area contributed by atoms with Gasteiger partial charge in [0.15, 0.2) is 15.0 Å². The van der Waals surface area contributed by atoms with Crippen LogP contribution in [0.5, 0.6) is 0 Å². The van der Waals surface area contributed by atoms with Crippen molar-refractivity contribution in [1.82, 2.24) is 14.9 Å². The molecular weight excluding hydrogens is 358 g/mol. The summed E-state index contributed by atoms with van der Waals surface area (Å²) in [6, 6.07) is 7.53. The second-order valence-corrected chi connectivity index (χ2v) is 10.0. The molecule has 136 valence electrons. The Morgan fingerprint density at radius 2 is 2.16 bits per heavy atom. The highest BCUT2D eigenvalue weighted by Crippen LogP contribution is 2.23. The molecule has 2 aromatic rings. The first-order valence-electron chi connectivity index (χ1n) is 8.41. The maximum Gasteiger partial charge on any atom is 0.233 e.